The Morgan fingerprint density at radius 2 is 1.72 bits per heavy atom. The molecule has 5 heteroatoms. The summed E-state index contributed by atoms with van der Waals surface area (Å²) in [6, 6.07) is 4.12. The van der Waals surface area contributed by atoms with E-state index < -0.39 is 7.60 Å². The number of aromatic nitrogens is 1. The van der Waals surface area contributed by atoms with Crippen molar-refractivity contribution < 1.29 is 18.2 Å². The third-order valence-corrected chi connectivity index (χ3v) is 4.72. The van der Waals surface area contributed by atoms with Gasteiger partial charge in [0.1, 0.15) is 6.54 Å². The standard InChI is InChI=1S/C13H23NO3P/c1-4-16-18(15,17-5-2)12-6-9-14-10-7-13(3)8-11-14/h7-8,10-11H,4-6,9,12H2,1-3H3/q+1. The van der Waals surface area contributed by atoms with E-state index in [1.54, 1.807) is 0 Å². The Labute approximate surface area is 109 Å². The molecule has 0 aliphatic carbocycles. The predicted molar refractivity (Wildman–Crippen MR) is 71.7 cm³/mol. The van der Waals surface area contributed by atoms with Crippen molar-refractivity contribution in [2.75, 3.05) is 19.4 Å². The molecule has 18 heavy (non-hydrogen) atoms. The maximum atomic E-state index is 12.2. The fourth-order valence-electron chi connectivity index (χ4n) is 1.69. The number of nitrogens with zero attached hydrogens (tertiary/aromatic N) is 1. The van der Waals surface area contributed by atoms with Gasteiger partial charge in [0.2, 0.25) is 0 Å². The monoisotopic (exact) mass is 272 g/mol. The fraction of sp³-hybridized carbons (Fsp3) is 0.615. The van der Waals surface area contributed by atoms with Gasteiger partial charge in [-0.2, -0.15) is 0 Å². The maximum Gasteiger partial charge on any atom is 0.330 e. The van der Waals surface area contributed by atoms with Crippen LogP contribution in [0.15, 0.2) is 24.5 Å². The third-order valence-electron chi connectivity index (χ3n) is 2.56. The number of rotatable bonds is 8. The van der Waals surface area contributed by atoms with Gasteiger partial charge in [0.25, 0.3) is 0 Å². The molecule has 1 aromatic rings. The minimum atomic E-state index is -2.88. The Morgan fingerprint density at radius 3 is 2.22 bits per heavy atom. The second-order valence-electron chi connectivity index (χ2n) is 4.14. The number of hydrogen-bond donors (Lipinski definition) is 0. The first-order chi connectivity index (χ1) is 8.59. The lowest BCUT2D eigenvalue weighted by Gasteiger charge is -2.15. The molecule has 0 saturated heterocycles. The highest BCUT2D eigenvalue weighted by molar-refractivity contribution is 7.53. The first-order valence-corrected chi connectivity index (χ1v) is 8.16. The van der Waals surface area contributed by atoms with E-state index in [1.165, 1.54) is 5.56 Å². The van der Waals surface area contributed by atoms with Crippen molar-refractivity contribution in [1.29, 1.82) is 0 Å². The molecule has 0 saturated carbocycles. The average Bonchev–Trinajstić information content (AvgIpc) is 2.32. The highest BCUT2D eigenvalue weighted by atomic mass is 31.2. The molecule has 0 aromatic carbocycles. The molecule has 0 unspecified atom stereocenters. The van der Waals surface area contributed by atoms with Crippen LogP contribution in [0.3, 0.4) is 0 Å². The second kappa shape index (κ2) is 7.67. The molecule has 0 spiro atoms. The van der Waals surface area contributed by atoms with Crippen molar-refractivity contribution in [3.05, 3.63) is 30.1 Å². The van der Waals surface area contributed by atoms with Crippen molar-refractivity contribution in [2.45, 2.75) is 33.7 Å². The maximum absolute atomic E-state index is 12.2. The molecular formula is C13H23NO3P+. The van der Waals surface area contributed by atoms with Crippen LogP contribution in [0.25, 0.3) is 0 Å². The van der Waals surface area contributed by atoms with Crippen molar-refractivity contribution >= 4 is 7.60 Å². The van der Waals surface area contributed by atoms with E-state index in [1.807, 2.05) is 26.2 Å². The Hall–Kier alpha value is -0.700. The zero-order valence-corrected chi connectivity index (χ0v) is 12.4. The van der Waals surface area contributed by atoms with Gasteiger partial charge < -0.3 is 9.05 Å². The van der Waals surface area contributed by atoms with Gasteiger partial charge in [0.15, 0.2) is 12.4 Å². The normalized spacial score (nSPS) is 11.7. The molecule has 1 aromatic heterocycles. The molecule has 1 rings (SSSR count). The summed E-state index contributed by atoms with van der Waals surface area (Å²) in [6.07, 6.45) is 5.31. The second-order valence-corrected chi connectivity index (χ2v) is 6.32. The Bertz CT molecular complexity index is 382. The predicted octanol–water partition coefficient (Wildman–Crippen LogP) is 2.94. The van der Waals surface area contributed by atoms with Crippen LogP contribution in [-0.2, 0) is 20.2 Å². The molecule has 4 nitrogen and oxygen atoms in total. The van der Waals surface area contributed by atoms with Crippen molar-refractivity contribution in [1.82, 2.24) is 0 Å². The van der Waals surface area contributed by atoms with E-state index in [-0.39, 0.29) is 0 Å². The quantitative estimate of drug-likeness (QED) is 0.539. The lowest BCUT2D eigenvalue weighted by atomic mass is 10.3. The first-order valence-electron chi connectivity index (χ1n) is 6.43. The van der Waals surface area contributed by atoms with Crippen LogP contribution in [0, 0.1) is 6.92 Å². The van der Waals surface area contributed by atoms with Crippen LogP contribution in [0.2, 0.25) is 0 Å². The molecule has 0 aliphatic heterocycles. The first kappa shape index (κ1) is 15.4. The highest BCUT2D eigenvalue weighted by Crippen LogP contribution is 2.48. The van der Waals surface area contributed by atoms with Crippen LogP contribution >= 0.6 is 7.60 Å². The van der Waals surface area contributed by atoms with Gasteiger partial charge in [-0.05, 0) is 26.3 Å². The van der Waals surface area contributed by atoms with Crippen LogP contribution in [0.5, 0.6) is 0 Å². The van der Waals surface area contributed by atoms with Gasteiger partial charge in [-0.3, -0.25) is 4.57 Å². The van der Waals surface area contributed by atoms with Gasteiger partial charge in [0.05, 0.1) is 19.4 Å². The van der Waals surface area contributed by atoms with E-state index >= 15 is 0 Å². The Balaban J connectivity index is 2.43. The summed E-state index contributed by atoms with van der Waals surface area (Å²) < 4.78 is 24.8. The third kappa shape index (κ3) is 5.30. The molecule has 0 amide bonds. The summed E-state index contributed by atoms with van der Waals surface area (Å²) in [5.41, 5.74) is 1.24. The zero-order chi connectivity index (χ0) is 13.4. The van der Waals surface area contributed by atoms with E-state index in [0.717, 1.165) is 13.0 Å². The van der Waals surface area contributed by atoms with Crippen molar-refractivity contribution in [2.24, 2.45) is 0 Å². The van der Waals surface area contributed by atoms with E-state index in [2.05, 4.69) is 23.6 Å². The van der Waals surface area contributed by atoms with Gasteiger partial charge in [0, 0.05) is 18.6 Å². The van der Waals surface area contributed by atoms with Crippen molar-refractivity contribution in [3.8, 4) is 0 Å². The van der Waals surface area contributed by atoms with E-state index in [4.69, 9.17) is 9.05 Å². The highest BCUT2D eigenvalue weighted by Gasteiger charge is 2.23. The van der Waals surface area contributed by atoms with E-state index in [0.29, 0.717) is 19.4 Å². The molecule has 0 fully saturated rings. The van der Waals surface area contributed by atoms with Crippen LogP contribution in [-0.4, -0.2) is 19.4 Å². The molecule has 1 heterocycles. The summed E-state index contributed by atoms with van der Waals surface area (Å²) in [6.45, 7) is 7.40. The lowest BCUT2D eigenvalue weighted by molar-refractivity contribution is -0.696. The number of pyridine rings is 1. The van der Waals surface area contributed by atoms with Crippen molar-refractivity contribution in [3.63, 3.8) is 0 Å². The largest absolute Gasteiger partial charge is 0.330 e. The Kier molecular flexibility index (Phi) is 6.55. The SMILES string of the molecule is CCOP(=O)(CCC[n+]1ccc(C)cc1)OCC. The smallest absolute Gasteiger partial charge is 0.309 e. The Morgan fingerprint density at radius 1 is 1.17 bits per heavy atom. The molecule has 0 bridgehead atoms. The number of aryl methyl sites for hydroxylation is 2. The average molecular weight is 272 g/mol. The minimum Gasteiger partial charge on any atom is -0.309 e. The number of hydrogen-bond acceptors (Lipinski definition) is 3. The summed E-state index contributed by atoms with van der Waals surface area (Å²) in [4.78, 5) is 0. The summed E-state index contributed by atoms with van der Waals surface area (Å²) in [5.74, 6) is 0. The topological polar surface area (TPSA) is 39.4 Å². The summed E-state index contributed by atoms with van der Waals surface area (Å²) in [5, 5.41) is 0. The molecular weight excluding hydrogens is 249 g/mol. The van der Waals surface area contributed by atoms with Crippen LogP contribution in [0.1, 0.15) is 25.8 Å². The molecule has 102 valence electrons. The molecule has 0 atom stereocenters. The fourth-order valence-corrected chi connectivity index (χ4v) is 3.34. The molecule has 0 radical (unpaired) electrons. The van der Waals surface area contributed by atoms with Gasteiger partial charge in [-0.15, -0.1) is 0 Å². The zero-order valence-electron chi connectivity index (χ0n) is 11.5. The molecule has 0 aliphatic rings. The minimum absolute atomic E-state index is 0.426. The summed E-state index contributed by atoms with van der Waals surface area (Å²) in [7, 11) is -2.88. The van der Waals surface area contributed by atoms with Gasteiger partial charge in [-0.25, -0.2) is 4.57 Å². The van der Waals surface area contributed by atoms with E-state index in [9.17, 15) is 4.57 Å². The van der Waals surface area contributed by atoms with Crippen LogP contribution < -0.4 is 4.57 Å². The lowest BCUT2D eigenvalue weighted by Crippen LogP contribution is -2.33. The molecule has 0 N–H and O–H groups in total. The van der Waals surface area contributed by atoms with Gasteiger partial charge in [-0.1, -0.05) is 0 Å². The summed E-state index contributed by atoms with van der Waals surface area (Å²) >= 11 is 0. The van der Waals surface area contributed by atoms with Crippen LogP contribution in [0.4, 0.5) is 0 Å². The van der Waals surface area contributed by atoms with Gasteiger partial charge >= 0.3 is 7.60 Å².